The number of esters is 1. The molecule has 18 heavy (non-hydrogen) atoms. The Hall–Kier alpha value is -0.570. The summed E-state index contributed by atoms with van der Waals surface area (Å²) in [4.78, 5) is 11.6. The van der Waals surface area contributed by atoms with Crippen LogP contribution in [0.5, 0.6) is 0 Å². The molecular weight excluding hydrogens is 226 g/mol. The fourth-order valence-corrected chi connectivity index (χ4v) is 1.87. The van der Waals surface area contributed by atoms with Crippen LogP contribution in [0, 0.1) is 17.3 Å². The molecule has 0 aliphatic heterocycles. The topological polar surface area (TPSA) is 52.3 Å². The summed E-state index contributed by atoms with van der Waals surface area (Å²) in [7, 11) is 0. The quantitative estimate of drug-likeness (QED) is 0.678. The van der Waals surface area contributed by atoms with Crippen molar-refractivity contribution in [2.45, 2.75) is 60.3 Å². The minimum absolute atomic E-state index is 0.0677. The van der Waals surface area contributed by atoms with E-state index in [2.05, 4.69) is 34.6 Å². The highest BCUT2D eigenvalue weighted by Crippen LogP contribution is 2.21. The van der Waals surface area contributed by atoms with Crippen molar-refractivity contribution >= 4 is 5.97 Å². The standard InChI is InChI=1S/C15H31NO2/c1-12(2)13(8-10-16)6-7-14(17)18-11-9-15(3,4)5/h12-13H,6-11,16H2,1-5H3. The normalized spacial score (nSPS) is 13.7. The van der Waals surface area contributed by atoms with Gasteiger partial charge in [-0.05, 0) is 43.1 Å². The van der Waals surface area contributed by atoms with Crippen molar-refractivity contribution < 1.29 is 9.53 Å². The fraction of sp³-hybridized carbons (Fsp3) is 0.933. The van der Waals surface area contributed by atoms with E-state index < -0.39 is 0 Å². The highest BCUT2D eigenvalue weighted by Gasteiger charge is 2.16. The first-order chi connectivity index (χ1) is 8.26. The predicted octanol–water partition coefficient (Wildman–Crippen LogP) is 3.37. The Balaban J connectivity index is 3.81. The molecule has 0 saturated carbocycles. The van der Waals surface area contributed by atoms with Crippen molar-refractivity contribution in [2.24, 2.45) is 23.0 Å². The Morgan fingerprint density at radius 2 is 1.83 bits per heavy atom. The smallest absolute Gasteiger partial charge is 0.305 e. The first-order valence-corrected chi connectivity index (χ1v) is 7.12. The lowest BCUT2D eigenvalue weighted by Crippen LogP contribution is -2.17. The molecule has 0 aromatic heterocycles. The van der Waals surface area contributed by atoms with Gasteiger partial charge in [-0.15, -0.1) is 0 Å². The number of carbonyl (C=O) groups is 1. The molecule has 0 aromatic rings. The number of hydrogen-bond acceptors (Lipinski definition) is 3. The lowest BCUT2D eigenvalue weighted by atomic mass is 9.88. The number of carbonyl (C=O) groups excluding carboxylic acids is 1. The molecule has 0 aromatic carbocycles. The monoisotopic (exact) mass is 257 g/mol. The Bertz CT molecular complexity index is 231. The van der Waals surface area contributed by atoms with Crippen LogP contribution < -0.4 is 5.73 Å². The number of rotatable bonds is 8. The second kappa shape index (κ2) is 8.52. The predicted molar refractivity (Wildman–Crippen MR) is 76.3 cm³/mol. The van der Waals surface area contributed by atoms with Gasteiger partial charge in [0.1, 0.15) is 0 Å². The minimum Gasteiger partial charge on any atom is -0.466 e. The van der Waals surface area contributed by atoms with E-state index in [1.54, 1.807) is 0 Å². The Morgan fingerprint density at radius 3 is 2.28 bits per heavy atom. The van der Waals surface area contributed by atoms with Gasteiger partial charge in [0.15, 0.2) is 0 Å². The zero-order chi connectivity index (χ0) is 14.2. The molecule has 0 amide bonds. The molecule has 0 spiro atoms. The van der Waals surface area contributed by atoms with Gasteiger partial charge in [-0.25, -0.2) is 0 Å². The molecule has 2 N–H and O–H groups in total. The average molecular weight is 257 g/mol. The van der Waals surface area contributed by atoms with Gasteiger partial charge in [-0.3, -0.25) is 4.79 Å². The van der Waals surface area contributed by atoms with Gasteiger partial charge in [-0.2, -0.15) is 0 Å². The van der Waals surface area contributed by atoms with E-state index in [1.165, 1.54) is 0 Å². The summed E-state index contributed by atoms with van der Waals surface area (Å²) in [5.74, 6) is 1.04. The van der Waals surface area contributed by atoms with Crippen molar-refractivity contribution in [1.82, 2.24) is 0 Å². The molecule has 1 unspecified atom stereocenters. The van der Waals surface area contributed by atoms with Crippen LogP contribution in [0.2, 0.25) is 0 Å². The van der Waals surface area contributed by atoms with E-state index >= 15 is 0 Å². The third-order valence-corrected chi connectivity index (χ3v) is 3.31. The van der Waals surface area contributed by atoms with Crippen LogP contribution in [0.25, 0.3) is 0 Å². The molecule has 0 radical (unpaired) electrons. The molecule has 3 heteroatoms. The molecule has 0 heterocycles. The maximum atomic E-state index is 11.6. The van der Waals surface area contributed by atoms with Crippen LogP contribution in [0.4, 0.5) is 0 Å². The highest BCUT2D eigenvalue weighted by atomic mass is 16.5. The van der Waals surface area contributed by atoms with Crippen LogP contribution in [-0.4, -0.2) is 19.1 Å². The molecule has 108 valence electrons. The molecule has 0 saturated heterocycles. The van der Waals surface area contributed by atoms with Gasteiger partial charge < -0.3 is 10.5 Å². The van der Waals surface area contributed by atoms with Gasteiger partial charge in [0.05, 0.1) is 6.61 Å². The van der Waals surface area contributed by atoms with Crippen LogP contribution >= 0.6 is 0 Å². The molecule has 3 nitrogen and oxygen atoms in total. The summed E-state index contributed by atoms with van der Waals surface area (Å²) in [6.45, 7) is 12.1. The SMILES string of the molecule is CC(C)C(CCN)CCC(=O)OCCC(C)(C)C. The maximum absolute atomic E-state index is 11.6. The van der Waals surface area contributed by atoms with Crippen LogP contribution in [-0.2, 0) is 9.53 Å². The lowest BCUT2D eigenvalue weighted by molar-refractivity contribution is -0.144. The third kappa shape index (κ3) is 9.46. The van der Waals surface area contributed by atoms with E-state index in [1.807, 2.05) is 0 Å². The molecule has 0 rings (SSSR count). The fourth-order valence-electron chi connectivity index (χ4n) is 1.87. The molecule has 0 bridgehead atoms. The molecule has 1 atom stereocenters. The molecule has 0 aliphatic rings. The average Bonchev–Trinajstić information content (AvgIpc) is 2.21. The molecule has 0 aliphatic carbocycles. The van der Waals surface area contributed by atoms with Crippen molar-refractivity contribution in [3.8, 4) is 0 Å². The van der Waals surface area contributed by atoms with Crippen molar-refractivity contribution in [3.05, 3.63) is 0 Å². The number of ether oxygens (including phenoxy) is 1. The summed E-state index contributed by atoms with van der Waals surface area (Å²) in [5.41, 5.74) is 5.81. The highest BCUT2D eigenvalue weighted by molar-refractivity contribution is 5.69. The van der Waals surface area contributed by atoms with Crippen molar-refractivity contribution in [1.29, 1.82) is 0 Å². The second-order valence-corrected chi connectivity index (χ2v) is 6.65. The molecular formula is C15H31NO2. The van der Waals surface area contributed by atoms with Crippen LogP contribution in [0.1, 0.15) is 60.3 Å². The van der Waals surface area contributed by atoms with E-state index in [0.29, 0.717) is 31.4 Å². The van der Waals surface area contributed by atoms with Crippen LogP contribution in [0.3, 0.4) is 0 Å². The van der Waals surface area contributed by atoms with Gasteiger partial charge in [0.25, 0.3) is 0 Å². The second-order valence-electron chi connectivity index (χ2n) is 6.65. The van der Waals surface area contributed by atoms with Gasteiger partial charge in [-0.1, -0.05) is 34.6 Å². The van der Waals surface area contributed by atoms with Gasteiger partial charge in [0, 0.05) is 6.42 Å². The third-order valence-electron chi connectivity index (χ3n) is 3.31. The van der Waals surface area contributed by atoms with Gasteiger partial charge in [0.2, 0.25) is 0 Å². The molecule has 0 fully saturated rings. The Labute approximate surface area is 112 Å². The summed E-state index contributed by atoms with van der Waals surface area (Å²) in [6, 6.07) is 0. The van der Waals surface area contributed by atoms with Crippen molar-refractivity contribution in [3.63, 3.8) is 0 Å². The first-order valence-electron chi connectivity index (χ1n) is 7.12. The largest absolute Gasteiger partial charge is 0.466 e. The summed E-state index contributed by atoms with van der Waals surface area (Å²) in [6.07, 6.45) is 3.32. The number of hydrogen-bond donors (Lipinski definition) is 1. The summed E-state index contributed by atoms with van der Waals surface area (Å²) >= 11 is 0. The van der Waals surface area contributed by atoms with Crippen molar-refractivity contribution in [2.75, 3.05) is 13.2 Å². The zero-order valence-electron chi connectivity index (χ0n) is 12.8. The number of nitrogens with two attached hydrogens (primary N) is 1. The van der Waals surface area contributed by atoms with E-state index in [-0.39, 0.29) is 11.4 Å². The first kappa shape index (κ1) is 17.4. The maximum Gasteiger partial charge on any atom is 0.305 e. The van der Waals surface area contributed by atoms with Crippen LogP contribution in [0.15, 0.2) is 0 Å². The van der Waals surface area contributed by atoms with Gasteiger partial charge >= 0.3 is 5.97 Å². The minimum atomic E-state index is -0.0677. The van der Waals surface area contributed by atoms with E-state index in [4.69, 9.17) is 10.5 Å². The summed E-state index contributed by atoms with van der Waals surface area (Å²) < 4.78 is 5.26. The summed E-state index contributed by atoms with van der Waals surface area (Å²) in [5, 5.41) is 0. The lowest BCUT2D eigenvalue weighted by Gasteiger charge is -2.20. The Morgan fingerprint density at radius 1 is 1.22 bits per heavy atom. The van der Waals surface area contributed by atoms with E-state index in [9.17, 15) is 4.79 Å². The zero-order valence-corrected chi connectivity index (χ0v) is 12.8. The van der Waals surface area contributed by atoms with E-state index in [0.717, 1.165) is 19.3 Å². The Kier molecular flexibility index (Phi) is 8.25.